The summed E-state index contributed by atoms with van der Waals surface area (Å²) < 4.78 is 10.1. The molecule has 0 radical (unpaired) electrons. The van der Waals surface area contributed by atoms with Crippen molar-refractivity contribution in [1.29, 1.82) is 0 Å². The fraction of sp³-hybridized carbons (Fsp3) is 0.588. The molecule has 0 bridgehead atoms. The predicted molar refractivity (Wildman–Crippen MR) is 82.3 cm³/mol. The van der Waals surface area contributed by atoms with Crippen molar-refractivity contribution in [3.63, 3.8) is 0 Å². The average Bonchev–Trinajstić information content (AvgIpc) is 2.38. The Labute approximate surface area is 127 Å². The lowest BCUT2D eigenvalue weighted by molar-refractivity contribution is 0.0661. The van der Waals surface area contributed by atoms with Gasteiger partial charge in [-0.3, -0.25) is 0 Å². The van der Waals surface area contributed by atoms with E-state index >= 15 is 0 Å². The molecule has 0 fully saturated rings. The first-order valence-corrected chi connectivity index (χ1v) is 7.49. The molecule has 0 aromatic heterocycles. The maximum absolute atomic E-state index is 11.5. The van der Waals surface area contributed by atoms with E-state index in [0.29, 0.717) is 18.3 Å². The molecule has 4 nitrogen and oxygen atoms in total. The third kappa shape index (κ3) is 9.08. The molecule has 118 valence electrons. The average molecular weight is 294 g/mol. The number of hydrogen-bond donors (Lipinski definition) is 1. The van der Waals surface area contributed by atoms with Gasteiger partial charge in [0.15, 0.2) is 0 Å². The van der Waals surface area contributed by atoms with E-state index in [1.165, 1.54) is 0 Å². The van der Waals surface area contributed by atoms with Gasteiger partial charge in [-0.25, -0.2) is 4.79 Å². The van der Waals surface area contributed by atoms with Crippen molar-refractivity contribution in [3.05, 3.63) is 30.3 Å². The van der Waals surface area contributed by atoms with Gasteiger partial charge in [0.05, 0.1) is 12.2 Å². The lowest BCUT2D eigenvalue weighted by atomic mass is 9.95. The van der Waals surface area contributed by atoms with Gasteiger partial charge in [0.25, 0.3) is 0 Å². The Morgan fingerprint density at radius 2 is 1.90 bits per heavy atom. The first-order chi connectivity index (χ1) is 9.87. The fourth-order valence-electron chi connectivity index (χ4n) is 1.99. The van der Waals surface area contributed by atoms with Gasteiger partial charge in [0, 0.05) is 0 Å². The maximum atomic E-state index is 11.5. The summed E-state index contributed by atoms with van der Waals surface area (Å²) in [7, 11) is 0. The van der Waals surface area contributed by atoms with Crippen LogP contribution < -0.4 is 4.74 Å². The summed E-state index contributed by atoms with van der Waals surface area (Å²) in [6, 6.07) is 8.87. The summed E-state index contributed by atoms with van der Waals surface area (Å²) in [6.07, 6.45) is 2.91. The SMILES string of the molecule is CC(CCCC(C)(C)O)CCOC(=O)Oc1ccccc1. The number of carbonyl (C=O) groups excluding carboxylic acids is 1. The number of hydrogen-bond acceptors (Lipinski definition) is 4. The molecule has 1 N–H and O–H groups in total. The normalized spacial score (nSPS) is 12.8. The molecule has 21 heavy (non-hydrogen) atoms. The van der Waals surface area contributed by atoms with Crippen molar-refractivity contribution in [2.75, 3.05) is 6.61 Å². The molecule has 0 aliphatic carbocycles. The van der Waals surface area contributed by atoms with Crippen LogP contribution in [-0.4, -0.2) is 23.5 Å². The minimum atomic E-state index is -0.662. The molecule has 4 heteroatoms. The van der Waals surface area contributed by atoms with Crippen molar-refractivity contribution in [3.8, 4) is 5.75 Å². The summed E-state index contributed by atoms with van der Waals surface area (Å²) >= 11 is 0. The van der Waals surface area contributed by atoms with Crippen LogP contribution in [0.3, 0.4) is 0 Å². The van der Waals surface area contributed by atoms with Gasteiger partial charge in [0.1, 0.15) is 5.75 Å². The van der Waals surface area contributed by atoms with Crippen LogP contribution in [0.5, 0.6) is 5.75 Å². The molecule has 1 aromatic carbocycles. The number of para-hydroxylation sites is 1. The molecule has 0 aliphatic rings. The molecule has 1 unspecified atom stereocenters. The smallest absolute Gasteiger partial charge is 0.434 e. The summed E-state index contributed by atoms with van der Waals surface area (Å²) in [6.45, 7) is 6.12. The van der Waals surface area contributed by atoms with Gasteiger partial charge in [-0.15, -0.1) is 0 Å². The Kier molecular flexibility index (Phi) is 7.23. The maximum Gasteiger partial charge on any atom is 0.513 e. The molecule has 1 rings (SSSR count). The van der Waals surface area contributed by atoms with Gasteiger partial charge in [-0.05, 0) is 44.7 Å². The summed E-state index contributed by atoms with van der Waals surface area (Å²) in [4.78, 5) is 11.5. The van der Waals surface area contributed by atoms with Crippen LogP contribution in [0.25, 0.3) is 0 Å². The minimum Gasteiger partial charge on any atom is -0.434 e. The Morgan fingerprint density at radius 3 is 2.52 bits per heavy atom. The molecule has 0 spiro atoms. The van der Waals surface area contributed by atoms with Crippen LogP contribution in [0.2, 0.25) is 0 Å². The van der Waals surface area contributed by atoms with Gasteiger partial charge in [-0.2, -0.15) is 0 Å². The van der Waals surface area contributed by atoms with Crippen molar-refractivity contribution < 1.29 is 19.4 Å². The lowest BCUT2D eigenvalue weighted by Crippen LogP contribution is -2.18. The number of aliphatic hydroxyl groups is 1. The zero-order valence-electron chi connectivity index (χ0n) is 13.2. The van der Waals surface area contributed by atoms with Crippen LogP contribution in [0.1, 0.15) is 46.5 Å². The number of benzene rings is 1. The molecule has 0 saturated carbocycles. The molecule has 0 amide bonds. The lowest BCUT2D eigenvalue weighted by Gasteiger charge is -2.18. The Balaban J connectivity index is 2.11. The minimum absolute atomic E-state index is 0.356. The number of rotatable bonds is 8. The third-order valence-electron chi connectivity index (χ3n) is 3.26. The highest BCUT2D eigenvalue weighted by Gasteiger charge is 2.13. The summed E-state index contributed by atoms with van der Waals surface area (Å²) in [5.41, 5.74) is -0.601. The number of carbonyl (C=O) groups is 1. The molecule has 0 heterocycles. The van der Waals surface area contributed by atoms with E-state index in [4.69, 9.17) is 9.47 Å². The molecular weight excluding hydrogens is 268 g/mol. The van der Waals surface area contributed by atoms with E-state index in [-0.39, 0.29) is 0 Å². The largest absolute Gasteiger partial charge is 0.513 e. The highest BCUT2D eigenvalue weighted by Crippen LogP contribution is 2.18. The van der Waals surface area contributed by atoms with Crippen LogP contribution >= 0.6 is 0 Å². The predicted octanol–water partition coefficient (Wildman–Crippen LogP) is 4.17. The van der Waals surface area contributed by atoms with Crippen LogP contribution in [0.4, 0.5) is 4.79 Å². The van der Waals surface area contributed by atoms with E-state index in [2.05, 4.69) is 6.92 Å². The Hall–Kier alpha value is -1.55. The Morgan fingerprint density at radius 1 is 1.24 bits per heavy atom. The van der Waals surface area contributed by atoms with Crippen molar-refractivity contribution >= 4 is 6.16 Å². The monoisotopic (exact) mass is 294 g/mol. The first kappa shape index (κ1) is 17.5. The molecule has 0 aliphatic heterocycles. The molecule has 1 aromatic rings. The molecule has 1 atom stereocenters. The molecular formula is C17H26O4. The van der Waals surface area contributed by atoms with Crippen LogP contribution in [0.15, 0.2) is 30.3 Å². The zero-order chi connectivity index (χ0) is 15.7. The Bertz CT molecular complexity index is 409. The second kappa shape index (κ2) is 8.67. The van der Waals surface area contributed by atoms with Crippen LogP contribution in [0, 0.1) is 5.92 Å². The van der Waals surface area contributed by atoms with Gasteiger partial charge in [0.2, 0.25) is 0 Å². The van der Waals surface area contributed by atoms with Crippen molar-refractivity contribution in [2.45, 2.75) is 52.1 Å². The highest BCUT2D eigenvalue weighted by atomic mass is 16.7. The topological polar surface area (TPSA) is 55.8 Å². The van der Waals surface area contributed by atoms with Crippen molar-refractivity contribution in [1.82, 2.24) is 0 Å². The van der Waals surface area contributed by atoms with Crippen molar-refractivity contribution in [2.24, 2.45) is 5.92 Å². The quantitative estimate of drug-likeness (QED) is 0.577. The van der Waals surface area contributed by atoms with Gasteiger partial charge in [-0.1, -0.05) is 38.0 Å². The van der Waals surface area contributed by atoms with Gasteiger partial charge < -0.3 is 14.6 Å². The van der Waals surface area contributed by atoms with E-state index in [0.717, 1.165) is 25.7 Å². The van der Waals surface area contributed by atoms with E-state index in [1.807, 2.05) is 19.9 Å². The fourth-order valence-corrected chi connectivity index (χ4v) is 1.99. The second-order valence-electron chi connectivity index (χ2n) is 6.11. The summed E-state index contributed by atoms with van der Waals surface area (Å²) in [5.74, 6) is 0.942. The van der Waals surface area contributed by atoms with E-state index < -0.39 is 11.8 Å². The second-order valence-corrected chi connectivity index (χ2v) is 6.11. The molecule has 0 saturated heterocycles. The first-order valence-electron chi connectivity index (χ1n) is 7.49. The standard InChI is InChI=1S/C17H26O4/c1-14(8-7-12-17(2,3)19)11-13-20-16(18)21-15-9-5-4-6-10-15/h4-6,9-10,14,19H,7-8,11-13H2,1-3H3. The van der Waals surface area contributed by atoms with E-state index in [1.54, 1.807) is 24.3 Å². The number of ether oxygens (including phenoxy) is 2. The van der Waals surface area contributed by atoms with E-state index in [9.17, 15) is 9.90 Å². The zero-order valence-corrected chi connectivity index (χ0v) is 13.2. The van der Waals surface area contributed by atoms with Gasteiger partial charge >= 0.3 is 6.16 Å². The van der Waals surface area contributed by atoms with Crippen LogP contribution in [-0.2, 0) is 4.74 Å². The highest BCUT2D eigenvalue weighted by molar-refractivity contribution is 5.63. The third-order valence-corrected chi connectivity index (χ3v) is 3.26. The summed E-state index contributed by atoms with van der Waals surface area (Å²) in [5, 5.41) is 9.63.